The lowest BCUT2D eigenvalue weighted by Gasteiger charge is -2.25. The maximum absolute atomic E-state index is 13.3. The highest BCUT2D eigenvalue weighted by atomic mass is 32.2. The van der Waals surface area contributed by atoms with E-state index in [1.165, 1.54) is 12.1 Å². The van der Waals surface area contributed by atoms with E-state index < -0.39 is 39.8 Å². The molecule has 1 aliphatic rings. The Balaban J connectivity index is 1.64. The number of carbonyl (C=O) groups is 2. The zero-order valence-corrected chi connectivity index (χ0v) is 25.4. The third-order valence-corrected chi connectivity index (χ3v) is 9.36. The van der Waals surface area contributed by atoms with Gasteiger partial charge in [-0.05, 0) is 67.8 Å². The van der Waals surface area contributed by atoms with E-state index in [-0.39, 0.29) is 34.2 Å². The number of nitrogens with zero attached hydrogens (tertiary/aromatic N) is 2. The summed E-state index contributed by atoms with van der Waals surface area (Å²) in [6.07, 6.45) is 1.10. The van der Waals surface area contributed by atoms with Crippen molar-refractivity contribution in [3.63, 3.8) is 0 Å². The number of sulfone groups is 1. The van der Waals surface area contributed by atoms with Gasteiger partial charge in [-0.3, -0.25) is 14.6 Å². The zero-order valence-electron chi connectivity index (χ0n) is 23.8. The standard InChI is InChI=1S/C27H39N9O5S2/c1-2-22(35-27(31)32)23(36-24(37)21(28)4-3-13-33-26(29)30)25(38)34-16-5-7-17(8-6-16)41-18-9-11-20(12-10-18)43(39,40)15-19-14-42-19/h5-12,19,21-23H,2-4,13-15,28H2,1H3,(H,34,38)(H,36,37)(H4,29,30,33)(H4,31,32,35). The van der Waals surface area contributed by atoms with Crippen LogP contribution in [0, 0.1) is 0 Å². The van der Waals surface area contributed by atoms with Crippen LogP contribution in [0.3, 0.4) is 0 Å². The number of amides is 2. The molecule has 1 fully saturated rings. The molecule has 2 aromatic rings. The van der Waals surface area contributed by atoms with Gasteiger partial charge in [-0.15, -0.1) is 0 Å². The van der Waals surface area contributed by atoms with E-state index >= 15 is 0 Å². The Morgan fingerprint density at radius 2 is 1.60 bits per heavy atom. The number of aliphatic imine (C=N–C) groups is 2. The molecule has 43 heavy (non-hydrogen) atoms. The Morgan fingerprint density at radius 3 is 2.14 bits per heavy atom. The predicted octanol–water partition coefficient (Wildman–Crippen LogP) is 0.224. The molecule has 3 rings (SSSR count). The van der Waals surface area contributed by atoms with Gasteiger partial charge < -0.3 is 44.0 Å². The second-order valence-electron chi connectivity index (χ2n) is 9.89. The molecule has 1 aliphatic heterocycles. The van der Waals surface area contributed by atoms with Gasteiger partial charge in [-0.1, -0.05) is 6.92 Å². The van der Waals surface area contributed by atoms with Crippen LogP contribution in [0.4, 0.5) is 5.69 Å². The monoisotopic (exact) mass is 633 g/mol. The summed E-state index contributed by atoms with van der Waals surface area (Å²) in [7, 11) is -3.33. The third-order valence-electron chi connectivity index (χ3n) is 6.35. The van der Waals surface area contributed by atoms with Crippen molar-refractivity contribution in [2.75, 3.05) is 23.4 Å². The minimum atomic E-state index is -3.33. The van der Waals surface area contributed by atoms with Crippen molar-refractivity contribution < 1.29 is 22.7 Å². The van der Waals surface area contributed by atoms with Crippen molar-refractivity contribution in [3.8, 4) is 11.5 Å². The smallest absolute Gasteiger partial charge is 0.249 e. The largest absolute Gasteiger partial charge is 0.457 e. The van der Waals surface area contributed by atoms with Crippen LogP contribution in [0.2, 0.25) is 0 Å². The maximum Gasteiger partial charge on any atom is 0.249 e. The number of benzene rings is 2. The Bertz CT molecular complexity index is 1410. The number of rotatable bonds is 16. The predicted molar refractivity (Wildman–Crippen MR) is 170 cm³/mol. The number of nitrogens with one attached hydrogen (secondary N) is 2. The first-order valence-corrected chi connectivity index (χ1v) is 16.3. The van der Waals surface area contributed by atoms with E-state index in [0.717, 1.165) is 5.75 Å². The molecule has 14 nitrogen and oxygen atoms in total. The molecule has 0 spiro atoms. The Labute approximate surface area is 255 Å². The van der Waals surface area contributed by atoms with Crippen molar-refractivity contribution in [2.24, 2.45) is 38.7 Å². The van der Waals surface area contributed by atoms with Gasteiger partial charge in [0.15, 0.2) is 21.8 Å². The SMILES string of the molecule is CCC(N=C(N)N)C(NC(=O)C(N)CCCN=C(N)N)C(=O)Nc1ccc(Oc2ccc(S(=O)(=O)CC3CS3)cc2)cc1. The summed E-state index contributed by atoms with van der Waals surface area (Å²) in [6, 6.07) is 9.97. The van der Waals surface area contributed by atoms with Crippen molar-refractivity contribution in [1.29, 1.82) is 0 Å². The summed E-state index contributed by atoms with van der Waals surface area (Å²) in [6.45, 7) is 2.09. The molecule has 0 radical (unpaired) electrons. The molecule has 0 aromatic heterocycles. The Morgan fingerprint density at radius 1 is 1.00 bits per heavy atom. The number of thioether (sulfide) groups is 1. The van der Waals surface area contributed by atoms with Crippen LogP contribution >= 0.6 is 11.8 Å². The van der Waals surface area contributed by atoms with Crippen LogP contribution in [0.15, 0.2) is 63.4 Å². The number of nitrogens with two attached hydrogens (primary N) is 5. The van der Waals surface area contributed by atoms with Gasteiger partial charge in [0.2, 0.25) is 11.8 Å². The van der Waals surface area contributed by atoms with Crippen LogP contribution in [-0.4, -0.2) is 73.6 Å². The van der Waals surface area contributed by atoms with Crippen LogP contribution in [-0.2, 0) is 19.4 Å². The molecule has 0 saturated carbocycles. The first-order chi connectivity index (χ1) is 20.4. The van der Waals surface area contributed by atoms with Gasteiger partial charge in [0.1, 0.15) is 17.5 Å². The molecule has 2 amide bonds. The number of guanidine groups is 2. The van der Waals surface area contributed by atoms with Gasteiger partial charge in [-0.25, -0.2) is 13.4 Å². The van der Waals surface area contributed by atoms with Crippen LogP contribution in [0.25, 0.3) is 0 Å². The second-order valence-corrected chi connectivity index (χ2v) is 13.3. The van der Waals surface area contributed by atoms with Gasteiger partial charge in [0, 0.05) is 23.2 Å². The molecule has 4 atom stereocenters. The molecule has 0 aliphatic carbocycles. The first kappa shape index (κ1) is 33.5. The van der Waals surface area contributed by atoms with Gasteiger partial charge in [0.25, 0.3) is 0 Å². The molecule has 16 heteroatoms. The molecule has 234 valence electrons. The molecule has 0 bridgehead atoms. The normalized spacial score (nSPS) is 16.2. The molecule has 2 aromatic carbocycles. The van der Waals surface area contributed by atoms with Gasteiger partial charge >= 0.3 is 0 Å². The number of anilines is 1. The number of hydrogen-bond acceptors (Lipinski definition) is 9. The Hall–Kier alpha value is -4.02. The van der Waals surface area contributed by atoms with E-state index in [0.29, 0.717) is 36.6 Å². The van der Waals surface area contributed by atoms with Gasteiger partial charge in [-0.2, -0.15) is 11.8 Å². The average Bonchev–Trinajstić information content (AvgIpc) is 3.77. The second kappa shape index (κ2) is 15.5. The van der Waals surface area contributed by atoms with E-state index in [4.69, 9.17) is 33.4 Å². The minimum Gasteiger partial charge on any atom is -0.457 e. The Kier molecular flexibility index (Phi) is 12.0. The molecule has 4 unspecified atom stereocenters. The summed E-state index contributed by atoms with van der Waals surface area (Å²) in [5.41, 5.74) is 28.2. The highest BCUT2D eigenvalue weighted by Gasteiger charge is 2.31. The summed E-state index contributed by atoms with van der Waals surface area (Å²) in [5.74, 6) is 0.545. The lowest BCUT2D eigenvalue weighted by atomic mass is 10.0. The summed E-state index contributed by atoms with van der Waals surface area (Å²) >= 11 is 1.63. The van der Waals surface area contributed by atoms with Gasteiger partial charge in [0.05, 0.1) is 22.7 Å². The fourth-order valence-electron chi connectivity index (χ4n) is 4.02. The lowest BCUT2D eigenvalue weighted by molar-refractivity contribution is -0.127. The van der Waals surface area contributed by atoms with E-state index in [9.17, 15) is 18.0 Å². The zero-order chi connectivity index (χ0) is 31.6. The molecule has 12 N–H and O–H groups in total. The molecular weight excluding hydrogens is 594 g/mol. The topological polar surface area (TPSA) is 256 Å². The van der Waals surface area contributed by atoms with Crippen molar-refractivity contribution in [1.82, 2.24) is 5.32 Å². The number of carbonyl (C=O) groups excluding carboxylic acids is 2. The number of hydrogen-bond donors (Lipinski definition) is 7. The molecule has 1 heterocycles. The fourth-order valence-corrected chi connectivity index (χ4v) is 6.70. The third kappa shape index (κ3) is 11.0. The van der Waals surface area contributed by atoms with Crippen molar-refractivity contribution in [3.05, 3.63) is 48.5 Å². The van der Waals surface area contributed by atoms with Crippen molar-refractivity contribution in [2.45, 2.75) is 54.5 Å². The highest BCUT2D eigenvalue weighted by Crippen LogP contribution is 2.33. The van der Waals surface area contributed by atoms with Crippen LogP contribution in [0.1, 0.15) is 26.2 Å². The van der Waals surface area contributed by atoms with Crippen LogP contribution < -0.4 is 44.0 Å². The quantitative estimate of drug-likeness (QED) is 0.0569. The van der Waals surface area contributed by atoms with E-state index in [2.05, 4.69) is 20.6 Å². The van der Waals surface area contributed by atoms with Crippen molar-refractivity contribution >= 4 is 51.0 Å². The number of ether oxygens (including phenoxy) is 1. The highest BCUT2D eigenvalue weighted by molar-refractivity contribution is 8.08. The van der Waals surface area contributed by atoms with E-state index in [1.807, 2.05) is 0 Å². The molecule has 1 saturated heterocycles. The lowest BCUT2D eigenvalue weighted by Crippen LogP contribution is -2.55. The average molecular weight is 634 g/mol. The summed E-state index contributed by atoms with van der Waals surface area (Å²) in [5, 5.41) is 5.60. The fraction of sp³-hybridized carbons (Fsp3) is 0.407. The summed E-state index contributed by atoms with van der Waals surface area (Å²) in [4.78, 5) is 34.4. The maximum atomic E-state index is 13.3. The minimum absolute atomic E-state index is 0.0533. The molecular formula is C27H39N9O5S2. The summed E-state index contributed by atoms with van der Waals surface area (Å²) < 4.78 is 30.7. The van der Waals surface area contributed by atoms with Crippen LogP contribution in [0.5, 0.6) is 11.5 Å². The first-order valence-electron chi connectivity index (χ1n) is 13.6. The van der Waals surface area contributed by atoms with E-state index in [1.54, 1.807) is 55.1 Å².